The molecule has 0 unspecified atom stereocenters. The second-order valence-corrected chi connectivity index (χ2v) is 6.80. The van der Waals surface area contributed by atoms with E-state index in [2.05, 4.69) is 32.6 Å². The van der Waals surface area contributed by atoms with Crippen molar-refractivity contribution in [3.8, 4) is 16.9 Å². The van der Waals surface area contributed by atoms with E-state index in [0.29, 0.717) is 5.69 Å². The highest BCUT2D eigenvalue weighted by atomic mass is 32.1. The van der Waals surface area contributed by atoms with Crippen LogP contribution in [0, 0.1) is 10.1 Å². The number of nitro benzene ring substituents is 1. The molecule has 4 aromatic rings. The number of anilines is 1. The molecule has 1 aromatic heterocycles. The normalized spacial score (nSPS) is 11.4. The van der Waals surface area contributed by atoms with Crippen molar-refractivity contribution in [3.63, 3.8) is 0 Å². The molecule has 138 valence electrons. The van der Waals surface area contributed by atoms with E-state index >= 15 is 0 Å². The molecule has 7 heteroatoms. The Balaban J connectivity index is 1.75. The summed E-state index contributed by atoms with van der Waals surface area (Å²) in [5, 5.41) is 17.4. The molecule has 1 heterocycles. The molecule has 0 aliphatic rings. The van der Waals surface area contributed by atoms with Gasteiger partial charge in [-0.3, -0.25) is 20.1 Å². The molecule has 28 heavy (non-hydrogen) atoms. The molecule has 4 rings (SSSR count). The highest BCUT2D eigenvalue weighted by Gasteiger charge is 2.10. The maximum atomic E-state index is 10.8. The second kappa shape index (κ2) is 7.89. The summed E-state index contributed by atoms with van der Waals surface area (Å²) in [5.74, 6) is 0. The van der Waals surface area contributed by atoms with Gasteiger partial charge in [-0.2, -0.15) is 0 Å². The average Bonchev–Trinajstić information content (AvgIpc) is 3.18. The summed E-state index contributed by atoms with van der Waals surface area (Å²) in [6, 6.07) is 26.3. The van der Waals surface area contributed by atoms with Crippen LogP contribution in [0.2, 0.25) is 0 Å². The monoisotopic (exact) mass is 388 g/mol. The molecule has 0 spiro atoms. The van der Waals surface area contributed by atoms with Gasteiger partial charge in [0, 0.05) is 23.2 Å². The molecule has 0 bridgehead atoms. The highest BCUT2D eigenvalue weighted by Crippen LogP contribution is 2.23. The van der Waals surface area contributed by atoms with E-state index in [-0.39, 0.29) is 5.69 Å². The number of nitrogens with zero attached hydrogens (tertiary/aromatic N) is 3. The van der Waals surface area contributed by atoms with Crippen molar-refractivity contribution in [2.75, 3.05) is 5.43 Å². The van der Waals surface area contributed by atoms with E-state index in [0.717, 1.165) is 21.7 Å². The third-order valence-corrected chi connectivity index (χ3v) is 4.98. The summed E-state index contributed by atoms with van der Waals surface area (Å²) >= 11 is 1.52. The first-order chi connectivity index (χ1) is 13.7. The van der Waals surface area contributed by atoms with E-state index in [1.54, 1.807) is 12.1 Å². The van der Waals surface area contributed by atoms with Crippen LogP contribution in [0.5, 0.6) is 0 Å². The Morgan fingerprint density at radius 2 is 1.54 bits per heavy atom. The molecule has 0 radical (unpaired) electrons. The molecule has 1 N–H and O–H groups in total. The van der Waals surface area contributed by atoms with Crippen molar-refractivity contribution < 1.29 is 4.92 Å². The van der Waals surface area contributed by atoms with Gasteiger partial charge in [0.25, 0.3) is 5.69 Å². The zero-order chi connectivity index (χ0) is 19.3. The summed E-state index contributed by atoms with van der Waals surface area (Å²) in [5.41, 5.74) is 6.87. The standard InChI is InChI=1S/C21H16N4O2S/c26-25(27)19-13-11-17(12-14-19)22-23-21-24(18-9-5-2-6-10-18)20(15-28-21)16-7-3-1-4-8-16/h1-15,22H. The fraction of sp³-hybridized carbons (Fsp3) is 0. The van der Waals surface area contributed by atoms with Crippen molar-refractivity contribution >= 4 is 22.7 Å². The lowest BCUT2D eigenvalue weighted by molar-refractivity contribution is -0.384. The quantitative estimate of drug-likeness (QED) is 0.384. The van der Waals surface area contributed by atoms with Gasteiger partial charge in [0.05, 0.1) is 16.3 Å². The number of rotatable bonds is 5. The van der Waals surface area contributed by atoms with Crippen molar-refractivity contribution in [1.82, 2.24) is 4.57 Å². The van der Waals surface area contributed by atoms with Gasteiger partial charge < -0.3 is 0 Å². The van der Waals surface area contributed by atoms with E-state index in [1.807, 2.05) is 48.5 Å². The molecule has 0 saturated heterocycles. The molecule has 0 aliphatic carbocycles. The summed E-state index contributed by atoms with van der Waals surface area (Å²) in [6.45, 7) is 0. The van der Waals surface area contributed by atoms with Gasteiger partial charge in [0.1, 0.15) is 0 Å². The minimum Gasteiger partial charge on any atom is -0.284 e. The first kappa shape index (κ1) is 17.7. The smallest absolute Gasteiger partial charge is 0.269 e. The average molecular weight is 388 g/mol. The van der Waals surface area contributed by atoms with E-state index in [9.17, 15) is 10.1 Å². The van der Waals surface area contributed by atoms with Gasteiger partial charge >= 0.3 is 0 Å². The van der Waals surface area contributed by atoms with E-state index < -0.39 is 4.92 Å². The molecule has 0 fully saturated rings. The fourth-order valence-corrected chi connectivity index (χ4v) is 3.66. The zero-order valence-corrected chi connectivity index (χ0v) is 15.5. The van der Waals surface area contributed by atoms with Crippen molar-refractivity contribution in [3.05, 3.63) is 105 Å². The number of aromatic nitrogens is 1. The van der Waals surface area contributed by atoms with Crippen LogP contribution in [0.3, 0.4) is 0 Å². The van der Waals surface area contributed by atoms with Gasteiger partial charge in [0.2, 0.25) is 4.80 Å². The molecule has 0 saturated carbocycles. The van der Waals surface area contributed by atoms with E-state index in [4.69, 9.17) is 0 Å². The topological polar surface area (TPSA) is 72.5 Å². The Labute approximate surface area is 165 Å². The fourth-order valence-electron chi connectivity index (χ4n) is 2.80. The van der Waals surface area contributed by atoms with Gasteiger partial charge in [-0.1, -0.05) is 48.5 Å². The molecular formula is C21H16N4O2S. The Morgan fingerprint density at radius 1 is 0.893 bits per heavy atom. The molecule has 3 aromatic carbocycles. The van der Waals surface area contributed by atoms with Crippen molar-refractivity contribution in [1.29, 1.82) is 0 Å². The second-order valence-electron chi connectivity index (χ2n) is 5.97. The van der Waals surface area contributed by atoms with Crippen LogP contribution in [-0.4, -0.2) is 9.49 Å². The maximum Gasteiger partial charge on any atom is 0.269 e. The first-order valence-corrected chi connectivity index (χ1v) is 9.46. The SMILES string of the molecule is O=[N+]([O-])c1ccc(NN=c2scc(-c3ccccc3)n2-c2ccccc2)cc1. The van der Waals surface area contributed by atoms with Crippen LogP contribution in [-0.2, 0) is 0 Å². The molecular weight excluding hydrogens is 372 g/mol. The highest BCUT2D eigenvalue weighted by molar-refractivity contribution is 7.07. The lowest BCUT2D eigenvalue weighted by atomic mass is 10.1. The summed E-state index contributed by atoms with van der Waals surface area (Å²) < 4.78 is 2.08. The molecule has 0 aliphatic heterocycles. The Morgan fingerprint density at radius 3 is 2.18 bits per heavy atom. The number of hydrogen-bond acceptors (Lipinski definition) is 5. The molecule has 0 atom stereocenters. The van der Waals surface area contributed by atoms with Crippen molar-refractivity contribution in [2.24, 2.45) is 5.10 Å². The third-order valence-electron chi connectivity index (χ3n) is 4.15. The van der Waals surface area contributed by atoms with Crippen LogP contribution in [0.4, 0.5) is 11.4 Å². The van der Waals surface area contributed by atoms with Crippen LogP contribution >= 0.6 is 11.3 Å². The number of para-hydroxylation sites is 1. The Hall–Kier alpha value is -3.71. The number of non-ortho nitro benzene ring substituents is 1. The third kappa shape index (κ3) is 3.70. The Bertz CT molecular complexity index is 1150. The van der Waals surface area contributed by atoms with Gasteiger partial charge in [-0.15, -0.1) is 16.4 Å². The van der Waals surface area contributed by atoms with Crippen LogP contribution < -0.4 is 10.2 Å². The number of hydrogen-bond donors (Lipinski definition) is 1. The summed E-state index contributed by atoms with van der Waals surface area (Å²) in [4.78, 5) is 11.1. The van der Waals surface area contributed by atoms with Crippen molar-refractivity contribution in [2.45, 2.75) is 0 Å². The number of nitrogens with one attached hydrogen (secondary N) is 1. The lowest BCUT2D eigenvalue weighted by Crippen LogP contribution is -2.15. The number of thiazole rings is 1. The lowest BCUT2D eigenvalue weighted by Gasteiger charge is -2.09. The predicted molar refractivity (Wildman–Crippen MR) is 111 cm³/mol. The van der Waals surface area contributed by atoms with Gasteiger partial charge in [0.15, 0.2) is 0 Å². The van der Waals surface area contributed by atoms with Crippen LogP contribution in [0.1, 0.15) is 0 Å². The predicted octanol–water partition coefficient (Wildman–Crippen LogP) is 5.04. The largest absolute Gasteiger partial charge is 0.284 e. The zero-order valence-electron chi connectivity index (χ0n) is 14.7. The Kier molecular flexibility index (Phi) is 4.99. The minimum atomic E-state index is -0.421. The van der Waals surface area contributed by atoms with Gasteiger partial charge in [-0.05, 0) is 29.8 Å². The number of nitro groups is 1. The first-order valence-electron chi connectivity index (χ1n) is 8.58. The van der Waals surface area contributed by atoms with Gasteiger partial charge in [-0.25, -0.2) is 0 Å². The minimum absolute atomic E-state index is 0.0485. The maximum absolute atomic E-state index is 10.8. The van der Waals surface area contributed by atoms with E-state index in [1.165, 1.54) is 23.5 Å². The molecule has 6 nitrogen and oxygen atoms in total. The van der Waals surface area contributed by atoms with Crippen LogP contribution in [0.25, 0.3) is 16.9 Å². The number of benzene rings is 3. The summed E-state index contributed by atoms with van der Waals surface area (Å²) in [6.07, 6.45) is 0. The molecule has 0 amide bonds. The summed E-state index contributed by atoms with van der Waals surface area (Å²) in [7, 11) is 0. The van der Waals surface area contributed by atoms with Crippen LogP contribution in [0.15, 0.2) is 95.4 Å².